The Morgan fingerprint density at radius 3 is 2.65 bits per heavy atom. The highest BCUT2D eigenvalue weighted by Crippen LogP contribution is 2.15. The maximum atomic E-state index is 13.4. The number of hydrogen-bond acceptors (Lipinski definition) is 4. The molecule has 0 saturated heterocycles. The van der Waals surface area contributed by atoms with Gasteiger partial charge in [0.05, 0.1) is 6.54 Å². The van der Waals surface area contributed by atoms with Crippen LogP contribution >= 0.6 is 24.0 Å². The number of benzene rings is 2. The van der Waals surface area contributed by atoms with E-state index in [1.165, 1.54) is 12.1 Å². The normalized spacial score (nSPS) is 12.0. The average Bonchev–Trinajstić information content (AvgIpc) is 3.24. The second kappa shape index (κ2) is 12.9. The number of nitrogens with zero attached hydrogens (tertiary/aromatic N) is 4. The van der Waals surface area contributed by atoms with E-state index in [1.54, 1.807) is 18.5 Å². The molecule has 0 aliphatic carbocycles. The number of nitrogens with one attached hydrogen (secondary N) is 2. The van der Waals surface area contributed by atoms with Crippen molar-refractivity contribution >= 4 is 29.9 Å². The molecule has 166 valence electrons. The summed E-state index contributed by atoms with van der Waals surface area (Å²) in [6.07, 6.45) is 2.33. The molecule has 2 aromatic carbocycles. The van der Waals surface area contributed by atoms with Gasteiger partial charge in [-0.1, -0.05) is 31.2 Å². The Labute approximate surface area is 199 Å². The van der Waals surface area contributed by atoms with E-state index < -0.39 is 0 Å². The molecule has 0 aliphatic heterocycles. The van der Waals surface area contributed by atoms with Gasteiger partial charge in [0.2, 0.25) is 0 Å². The van der Waals surface area contributed by atoms with Crippen molar-refractivity contribution in [1.29, 1.82) is 0 Å². The highest BCUT2D eigenvalue weighted by atomic mass is 127. The van der Waals surface area contributed by atoms with Crippen molar-refractivity contribution in [3.8, 4) is 11.4 Å². The summed E-state index contributed by atoms with van der Waals surface area (Å²) < 4.78 is 21.2. The van der Waals surface area contributed by atoms with E-state index >= 15 is 0 Å². The van der Waals surface area contributed by atoms with E-state index in [-0.39, 0.29) is 35.9 Å². The standard InChI is InChI=1S/C22H27FN6O.HI/c1-3-19(30-20-12-8-9-17(23)13-20)14-25-22(24-4-2)26-15-21-28-27-16-29(21)18-10-6-5-7-11-18;/h5-13,16,19H,3-4,14-15H2,1-2H3,(H2,24,25,26);1H. The first kappa shape index (κ1) is 24.6. The predicted molar refractivity (Wildman–Crippen MR) is 131 cm³/mol. The Balaban J connectivity index is 0.00000341. The van der Waals surface area contributed by atoms with Gasteiger partial charge >= 0.3 is 0 Å². The summed E-state index contributed by atoms with van der Waals surface area (Å²) in [5.41, 5.74) is 0.986. The van der Waals surface area contributed by atoms with Crippen molar-refractivity contribution in [2.75, 3.05) is 13.1 Å². The number of rotatable bonds is 9. The molecule has 1 heterocycles. The van der Waals surface area contributed by atoms with Crippen LogP contribution < -0.4 is 15.4 Å². The molecule has 1 aromatic heterocycles. The average molecular weight is 538 g/mol. The monoisotopic (exact) mass is 538 g/mol. The minimum absolute atomic E-state index is 0. The lowest BCUT2D eigenvalue weighted by molar-refractivity contribution is 0.198. The second-order valence-corrected chi connectivity index (χ2v) is 6.63. The summed E-state index contributed by atoms with van der Waals surface area (Å²) in [5, 5.41) is 14.7. The molecule has 0 saturated carbocycles. The first-order valence-electron chi connectivity index (χ1n) is 10.1. The van der Waals surface area contributed by atoms with Crippen molar-refractivity contribution in [3.05, 3.63) is 72.6 Å². The number of para-hydroxylation sites is 1. The van der Waals surface area contributed by atoms with Gasteiger partial charge in [-0.25, -0.2) is 9.38 Å². The van der Waals surface area contributed by atoms with Crippen LogP contribution in [-0.4, -0.2) is 39.9 Å². The molecule has 7 nitrogen and oxygen atoms in total. The predicted octanol–water partition coefficient (Wildman–Crippen LogP) is 3.94. The third kappa shape index (κ3) is 7.50. The third-order valence-electron chi connectivity index (χ3n) is 4.43. The molecule has 2 N–H and O–H groups in total. The zero-order chi connectivity index (χ0) is 21.2. The van der Waals surface area contributed by atoms with E-state index in [0.29, 0.717) is 24.8 Å². The van der Waals surface area contributed by atoms with Gasteiger partial charge < -0.3 is 15.4 Å². The largest absolute Gasteiger partial charge is 0.489 e. The second-order valence-electron chi connectivity index (χ2n) is 6.63. The van der Waals surface area contributed by atoms with Gasteiger partial charge in [0, 0.05) is 18.3 Å². The molecule has 0 radical (unpaired) electrons. The molecule has 3 aromatic rings. The Morgan fingerprint density at radius 1 is 1.13 bits per heavy atom. The number of aliphatic imine (C=N–C) groups is 1. The van der Waals surface area contributed by atoms with Gasteiger partial charge in [0.15, 0.2) is 11.8 Å². The summed E-state index contributed by atoms with van der Waals surface area (Å²) in [6, 6.07) is 16.1. The summed E-state index contributed by atoms with van der Waals surface area (Å²) in [6.45, 7) is 5.65. The first-order valence-corrected chi connectivity index (χ1v) is 10.1. The molecule has 1 atom stereocenters. The summed E-state index contributed by atoms with van der Waals surface area (Å²) in [5.74, 6) is 1.59. The van der Waals surface area contributed by atoms with Crippen LogP contribution in [0.1, 0.15) is 26.1 Å². The topological polar surface area (TPSA) is 76.4 Å². The van der Waals surface area contributed by atoms with Crippen LogP contribution in [0.3, 0.4) is 0 Å². The fourth-order valence-electron chi connectivity index (χ4n) is 2.88. The van der Waals surface area contributed by atoms with Crippen LogP contribution in [-0.2, 0) is 6.54 Å². The third-order valence-corrected chi connectivity index (χ3v) is 4.43. The zero-order valence-corrected chi connectivity index (χ0v) is 20.0. The van der Waals surface area contributed by atoms with Crippen molar-refractivity contribution in [2.45, 2.75) is 32.9 Å². The summed E-state index contributed by atoms with van der Waals surface area (Å²) >= 11 is 0. The molecular weight excluding hydrogens is 510 g/mol. The highest BCUT2D eigenvalue weighted by Gasteiger charge is 2.11. The molecule has 1 unspecified atom stereocenters. The molecule has 9 heteroatoms. The lowest BCUT2D eigenvalue weighted by Crippen LogP contribution is -2.42. The van der Waals surface area contributed by atoms with E-state index in [0.717, 1.165) is 24.5 Å². The minimum atomic E-state index is -0.312. The molecule has 3 rings (SSSR count). The Hall–Kier alpha value is -2.69. The van der Waals surface area contributed by atoms with E-state index in [9.17, 15) is 4.39 Å². The van der Waals surface area contributed by atoms with Gasteiger partial charge in [0.1, 0.15) is 30.5 Å². The number of hydrogen-bond donors (Lipinski definition) is 2. The molecule has 0 amide bonds. The van der Waals surface area contributed by atoms with Gasteiger partial charge in [-0.05, 0) is 37.6 Å². The Bertz CT molecular complexity index is 950. The van der Waals surface area contributed by atoms with Crippen molar-refractivity contribution in [1.82, 2.24) is 25.4 Å². The van der Waals surface area contributed by atoms with E-state index in [1.807, 2.05) is 48.7 Å². The van der Waals surface area contributed by atoms with Crippen LogP contribution in [0.25, 0.3) is 5.69 Å². The van der Waals surface area contributed by atoms with Crippen LogP contribution in [0, 0.1) is 5.82 Å². The van der Waals surface area contributed by atoms with Gasteiger partial charge in [-0.15, -0.1) is 34.2 Å². The van der Waals surface area contributed by atoms with Crippen LogP contribution in [0.5, 0.6) is 5.75 Å². The fourth-order valence-corrected chi connectivity index (χ4v) is 2.88. The zero-order valence-electron chi connectivity index (χ0n) is 17.7. The van der Waals surface area contributed by atoms with Gasteiger partial charge in [-0.2, -0.15) is 0 Å². The summed E-state index contributed by atoms with van der Waals surface area (Å²) in [7, 11) is 0. The number of ether oxygens (including phenoxy) is 1. The first-order chi connectivity index (χ1) is 14.7. The van der Waals surface area contributed by atoms with E-state index in [4.69, 9.17) is 4.74 Å². The number of halogens is 2. The summed E-state index contributed by atoms with van der Waals surface area (Å²) in [4.78, 5) is 4.63. The number of guanidine groups is 1. The minimum Gasteiger partial charge on any atom is -0.489 e. The van der Waals surface area contributed by atoms with Crippen LogP contribution in [0.2, 0.25) is 0 Å². The van der Waals surface area contributed by atoms with Gasteiger partial charge in [0.25, 0.3) is 0 Å². The van der Waals surface area contributed by atoms with E-state index in [2.05, 4.69) is 25.8 Å². The molecule has 31 heavy (non-hydrogen) atoms. The SMILES string of the molecule is CCNC(=NCc1nncn1-c1ccccc1)NCC(CC)Oc1cccc(F)c1.I. The molecule has 0 aliphatic rings. The van der Waals surface area contributed by atoms with Crippen LogP contribution in [0.4, 0.5) is 4.39 Å². The lowest BCUT2D eigenvalue weighted by Gasteiger charge is -2.20. The number of aromatic nitrogens is 3. The Morgan fingerprint density at radius 2 is 1.94 bits per heavy atom. The van der Waals surface area contributed by atoms with Crippen molar-refractivity contribution in [2.24, 2.45) is 4.99 Å². The maximum Gasteiger partial charge on any atom is 0.191 e. The smallest absolute Gasteiger partial charge is 0.191 e. The Kier molecular flexibility index (Phi) is 10.2. The van der Waals surface area contributed by atoms with Crippen molar-refractivity contribution < 1.29 is 9.13 Å². The molecule has 0 spiro atoms. The lowest BCUT2D eigenvalue weighted by atomic mass is 10.2. The van der Waals surface area contributed by atoms with Crippen LogP contribution in [0.15, 0.2) is 65.9 Å². The maximum absolute atomic E-state index is 13.4. The molecule has 0 fully saturated rings. The molecule has 0 bridgehead atoms. The molecular formula is C22H28FIN6O. The fraction of sp³-hybridized carbons (Fsp3) is 0.318. The quantitative estimate of drug-likeness (QED) is 0.245. The van der Waals surface area contributed by atoms with Crippen molar-refractivity contribution in [3.63, 3.8) is 0 Å². The van der Waals surface area contributed by atoms with Gasteiger partial charge in [-0.3, -0.25) is 4.57 Å². The highest BCUT2D eigenvalue weighted by molar-refractivity contribution is 14.0.